The monoisotopic (exact) mass is 168 g/mol. The van der Waals surface area contributed by atoms with Gasteiger partial charge in [-0.3, -0.25) is 9.59 Å². The Hall–Kier alpha value is -1.85. The molecule has 0 fully saturated rings. The largest absolute Gasteiger partial charge is 0.475 e. The molecule has 0 atom stereocenters. The summed E-state index contributed by atoms with van der Waals surface area (Å²) in [4.78, 5) is 37.9. The van der Waals surface area contributed by atoms with Gasteiger partial charge in [0.05, 0.1) is 6.42 Å². The molecular weight excluding hydrogens is 164 g/mol. The topological polar surface area (TPSA) is 96.2 Å². The number of carbonyl (C=O) groups is 3. The molecule has 0 aliphatic carbocycles. The lowest BCUT2D eigenvalue weighted by Gasteiger charge is -1.91. The molecule has 0 aromatic rings. The highest BCUT2D eigenvalue weighted by Crippen LogP contribution is 1.97. The number of hydrogen-bond acceptors (Lipinski definition) is 4. The van der Waals surface area contributed by atoms with Crippen molar-refractivity contribution in [1.82, 2.24) is 0 Å². The van der Waals surface area contributed by atoms with Gasteiger partial charge in [0.1, 0.15) is 12.1 Å². The maximum Gasteiger partial charge on any atom is 0.372 e. The molecule has 0 aromatic heterocycles. The molecule has 1 aliphatic heterocycles. The van der Waals surface area contributed by atoms with E-state index in [2.05, 4.69) is 9.98 Å². The number of carboxylic acid groups (broad SMARTS) is 1. The van der Waals surface area contributed by atoms with E-state index in [9.17, 15) is 14.4 Å². The van der Waals surface area contributed by atoms with Crippen LogP contribution in [0.1, 0.15) is 6.42 Å². The lowest BCUT2D eigenvalue weighted by molar-refractivity contribution is -0.148. The van der Waals surface area contributed by atoms with E-state index >= 15 is 0 Å². The number of nitrogens with zero attached hydrogens (tertiary/aromatic N) is 2. The van der Waals surface area contributed by atoms with Crippen LogP contribution in [0.5, 0.6) is 0 Å². The van der Waals surface area contributed by atoms with E-state index in [-0.39, 0.29) is 5.71 Å². The minimum Gasteiger partial charge on any atom is -0.475 e. The van der Waals surface area contributed by atoms with Gasteiger partial charge in [-0.15, -0.1) is 0 Å². The summed E-state index contributed by atoms with van der Waals surface area (Å²) in [6, 6.07) is 0. The quantitative estimate of drug-likeness (QED) is 0.549. The Morgan fingerprint density at radius 3 is 2.58 bits per heavy atom. The number of aliphatic carboxylic acids is 1. The number of carboxylic acids is 1. The highest BCUT2D eigenvalue weighted by Gasteiger charge is 2.21. The van der Waals surface area contributed by atoms with E-state index in [0.717, 1.165) is 6.34 Å². The number of hydrogen-bond donors (Lipinski definition) is 1. The first-order valence-corrected chi connectivity index (χ1v) is 3.01. The molecule has 12 heavy (non-hydrogen) atoms. The normalized spacial score (nSPS) is 14.7. The first-order valence-electron chi connectivity index (χ1n) is 3.01. The van der Waals surface area contributed by atoms with Crippen LogP contribution >= 0.6 is 0 Å². The molecular formula is C6H4N2O4. The third-order valence-electron chi connectivity index (χ3n) is 1.20. The van der Waals surface area contributed by atoms with Crippen LogP contribution in [-0.4, -0.2) is 34.8 Å². The van der Waals surface area contributed by atoms with Crippen LogP contribution in [0.4, 0.5) is 0 Å². The number of amides is 1. The van der Waals surface area contributed by atoms with E-state index < -0.39 is 24.1 Å². The van der Waals surface area contributed by atoms with E-state index in [4.69, 9.17) is 5.11 Å². The third-order valence-corrected chi connectivity index (χ3v) is 1.20. The standard InChI is InChI=1S/C6H4N2O4/c9-4(6(11)12)1-3-5(10)8-2-7-3/h2H,1H2,(H,11,12). The molecule has 0 aromatic carbocycles. The molecule has 0 bridgehead atoms. The molecule has 0 saturated carbocycles. The van der Waals surface area contributed by atoms with E-state index in [1.54, 1.807) is 0 Å². The Bertz CT molecular complexity index is 316. The lowest BCUT2D eigenvalue weighted by atomic mass is 10.2. The van der Waals surface area contributed by atoms with Gasteiger partial charge in [0.2, 0.25) is 5.78 Å². The van der Waals surface area contributed by atoms with Gasteiger partial charge in [-0.25, -0.2) is 9.79 Å². The van der Waals surface area contributed by atoms with E-state index in [1.807, 2.05) is 0 Å². The highest BCUT2D eigenvalue weighted by molar-refractivity contribution is 6.51. The van der Waals surface area contributed by atoms with Gasteiger partial charge in [-0.2, -0.15) is 4.99 Å². The fourth-order valence-electron chi connectivity index (χ4n) is 0.630. The van der Waals surface area contributed by atoms with Crippen LogP contribution in [0.15, 0.2) is 9.98 Å². The van der Waals surface area contributed by atoms with E-state index in [0.29, 0.717) is 0 Å². The first-order chi connectivity index (χ1) is 5.61. The van der Waals surface area contributed by atoms with Crippen molar-refractivity contribution < 1.29 is 19.5 Å². The average molecular weight is 168 g/mol. The number of carbonyl (C=O) groups excluding carboxylic acids is 2. The maximum absolute atomic E-state index is 10.7. The predicted molar refractivity (Wildman–Crippen MR) is 38.2 cm³/mol. The Morgan fingerprint density at radius 2 is 2.17 bits per heavy atom. The number of Topliss-reactive ketones (excluding diaryl/α,β-unsaturated/α-hetero) is 1. The van der Waals surface area contributed by atoms with Crippen molar-refractivity contribution in [3.63, 3.8) is 0 Å². The minimum absolute atomic E-state index is 0.123. The molecule has 0 unspecified atom stereocenters. The van der Waals surface area contributed by atoms with Crippen molar-refractivity contribution in [3.8, 4) is 0 Å². The SMILES string of the molecule is O=C(O)C(=O)CC1=NC=NC1=O. The molecule has 1 heterocycles. The highest BCUT2D eigenvalue weighted by atomic mass is 16.4. The van der Waals surface area contributed by atoms with Gasteiger partial charge in [0.25, 0.3) is 5.91 Å². The summed E-state index contributed by atoms with van der Waals surface area (Å²) in [5, 5.41) is 8.17. The first kappa shape index (κ1) is 8.25. The molecule has 0 spiro atoms. The molecule has 1 aliphatic rings. The van der Waals surface area contributed by atoms with Crippen molar-refractivity contribution in [2.75, 3.05) is 0 Å². The fourth-order valence-corrected chi connectivity index (χ4v) is 0.630. The summed E-state index contributed by atoms with van der Waals surface area (Å²) in [6.45, 7) is 0. The second-order valence-corrected chi connectivity index (χ2v) is 2.03. The number of rotatable bonds is 3. The van der Waals surface area contributed by atoms with Gasteiger partial charge in [-0.1, -0.05) is 0 Å². The molecule has 1 N–H and O–H groups in total. The Kier molecular flexibility index (Phi) is 2.09. The molecule has 1 amide bonds. The fraction of sp³-hybridized carbons (Fsp3) is 0.167. The van der Waals surface area contributed by atoms with Gasteiger partial charge in [0, 0.05) is 0 Å². The summed E-state index contributed by atoms with van der Waals surface area (Å²) >= 11 is 0. The Morgan fingerprint density at radius 1 is 1.50 bits per heavy atom. The minimum atomic E-state index is -1.57. The van der Waals surface area contributed by atoms with Gasteiger partial charge in [0.15, 0.2) is 0 Å². The molecule has 0 radical (unpaired) electrons. The van der Waals surface area contributed by atoms with Crippen LogP contribution in [0.2, 0.25) is 0 Å². The van der Waals surface area contributed by atoms with Crippen molar-refractivity contribution in [2.45, 2.75) is 6.42 Å². The van der Waals surface area contributed by atoms with Crippen molar-refractivity contribution >= 4 is 29.7 Å². The van der Waals surface area contributed by atoms with E-state index in [1.165, 1.54) is 0 Å². The van der Waals surface area contributed by atoms with Crippen molar-refractivity contribution in [2.24, 2.45) is 9.98 Å². The predicted octanol–water partition coefficient (Wildman–Crippen LogP) is -0.960. The van der Waals surface area contributed by atoms with Crippen molar-refractivity contribution in [3.05, 3.63) is 0 Å². The zero-order valence-corrected chi connectivity index (χ0v) is 5.85. The number of aliphatic imine (C=N–C) groups is 2. The summed E-state index contributed by atoms with van der Waals surface area (Å²) in [7, 11) is 0. The molecule has 62 valence electrons. The maximum atomic E-state index is 10.7. The second kappa shape index (κ2) is 3.04. The Labute approximate surface area is 66.6 Å². The zero-order chi connectivity index (χ0) is 9.14. The summed E-state index contributed by atoms with van der Waals surface area (Å²) in [5.74, 6) is -3.28. The van der Waals surface area contributed by atoms with Crippen molar-refractivity contribution in [1.29, 1.82) is 0 Å². The molecule has 6 nitrogen and oxygen atoms in total. The van der Waals surface area contributed by atoms with Gasteiger partial charge < -0.3 is 5.11 Å². The summed E-state index contributed by atoms with van der Waals surface area (Å²) < 4.78 is 0. The summed E-state index contributed by atoms with van der Waals surface area (Å²) in [6.07, 6.45) is 0.501. The third kappa shape index (κ3) is 1.60. The number of ketones is 1. The molecule has 0 saturated heterocycles. The van der Waals surface area contributed by atoms with Crippen LogP contribution < -0.4 is 0 Å². The second-order valence-electron chi connectivity index (χ2n) is 2.03. The van der Waals surface area contributed by atoms with Gasteiger partial charge >= 0.3 is 5.97 Å². The van der Waals surface area contributed by atoms with Crippen LogP contribution in [-0.2, 0) is 14.4 Å². The zero-order valence-electron chi connectivity index (χ0n) is 5.85. The Balaban J connectivity index is 2.60. The lowest BCUT2D eigenvalue weighted by Crippen LogP contribution is -2.20. The molecule has 1 rings (SSSR count). The summed E-state index contributed by atoms with van der Waals surface area (Å²) in [5.41, 5.74) is -0.123. The average Bonchev–Trinajstić information content (AvgIpc) is 2.36. The van der Waals surface area contributed by atoms with Crippen LogP contribution in [0, 0.1) is 0 Å². The molecule has 6 heteroatoms. The van der Waals surface area contributed by atoms with Crippen LogP contribution in [0.3, 0.4) is 0 Å². The smallest absolute Gasteiger partial charge is 0.372 e. The van der Waals surface area contributed by atoms with Gasteiger partial charge in [-0.05, 0) is 0 Å². The van der Waals surface area contributed by atoms with Crippen LogP contribution in [0.25, 0.3) is 0 Å².